The minimum Gasteiger partial charge on any atom is -0.330 e. The van der Waals surface area contributed by atoms with Gasteiger partial charge in [-0.05, 0) is 51.4 Å². The molecule has 4 rings (SSSR count). The molecule has 2 amide bonds. The molecule has 2 aromatic rings. The third-order valence-corrected chi connectivity index (χ3v) is 6.49. The van der Waals surface area contributed by atoms with Gasteiger partial charge >= 0.3 is 6.03 Å². The fourth-order valence-corrected chi connectivity index (χ4v) is 4.77. The predicted molar refractivity (Wildman–Crippen MR) is 108 cm³/mol. The lowest BCUT2D eigenvalue weighted by atomic mass is 9.69. The number of anilines is 1. The zero-order valence-corrected chi connectivity index (χ0v) is 16.4. The lowest BCUT2D eigenvalue weighted by molar-refractivity contribution is 0.0658. The summed E-state index contributed by atoms with van der Waals surface area (Å²) in [5.41, 5.74) is 2.12. The van der Waals surface area contributed by atoms with Gasteiger partial charge < -0.3 is 5.32 Å². The molecule has 2 aliphatic rings. The summed E-state index contributed by atoms with van der Waals surface area (Å²) in [5, 5.41) is 12.6. The molecule has 1 saturated carbocycles. The molecule has 2 heterocycles. The van der Waals surface area contributed by atoms with Crippen LogP contribution in [0, 0.1) is 11.3 Å². The van der Waals surface area contributed by atoms with Gasteiger partial charge in [-0.25, -0.2) is 4.79 Å². The maximum atomic E-state index is 12.7. The molecule has 1 N–H and O–H groups in total. The highest BCUT2D eigenvalue weighted by Gasteiger charge is 2.50. The second-order valence-electron chi connectivity index (χ2n) is 8.09. The zero-order chi connectivity index (χ0) is 19.8. The van der Waals surface area contributed by atoms with Crippen molar-refractivity contribution in [2.75, 3.05) is 25.5 Å². The van der Waals surface area contributed by atoms with E-state index in [1.165, 1.54) is 5.56 Å². The first-order valence-electron chi connectivity index (χ1n) is 9.66. The summed E-state index contributed by atoms with van der Waals surface area (Å²) in [6.07, 6.45) is 6.91. The number of pyridine rings is 1. The first-order valence-corrected chi connectivity index (χ1v) is 9.66. The van der Waals surface area contributed by atoms with Crippen molar-refractivity contribution in [2.24, 2.45) is 0 Å². The molecule has 0 radical (unpaired) electrons. The SMILES string of the molecule is CN(C)[C@]1(c2ccccc2)CC[C@@]2(CC1)CN(c1cnccc1C#N)C(=O)N2. The number of urea groups is 1. The quantitative estimate of drug-likeness (QED) is 0.894. The second-order valence-corrected chi connectivity index (χ2v) is 8.09. The highest BCUT2D eigenvalue weighted by atomic mass is 16.2. The van der Waals surface area contributed by atoms with E-state index in [1.807, 2.05) is 6.07 Å². The molecule has 0 atom stereocenters. The van der Waals surface area contributed by atoms with Crippen LogP contribution in [0.4, 0.5) is 10.5 Å². The number of hydrogen-bond acceptors (Lipinski definition) is 4. The van der Waals surface area contributed by atoms with Gasteiger partial charge in [0.1, 0.15) is 6.07 Å². The van der Waals surface area contributed by atoms with E-state index < -0.39 is 0 Å². The number of nitrogens with one attached hydrogen (secondary N) is 1. The van der Waals surface area contributed by atoms with E-state index in [-0.39, 0.29) is 17.1 Å². The third-order valence-electron chi connectivity index (χ3n) is 6.49. The van der Waals surface area contributed by atoms with E-state index in [4.69, 9.17) is 0 Å². The molecule has 2 fully saturated rings. The lowest BCUT2D eigenvalue weighted by Gasteiger charge is -2.48. The Hall–Kier alpha value is -2.91. The number of nitriles is 1. The fraction of sp³-hybridized carbons (Fsp3) is 0.409. The van der Waals surface area contributed by atoms with Crippen molar-refractivity contribution in [2.45, 2.75) is 36.8 Å². The summed E-state index contributed by atoms with van der Waals surface area (Å²) < 4.78 is 0. The number of hydrogen-bond donors (Lipinski definition) is 1. The molecule has 1 aromatic heterocycles. The van der Waals surface area contributed by atoms with E-state index in [9.17, 15) is 10.1 Å². The summed E-state index contributed by atoms with van der Waals surface area (Å²) >= 11 is 0. The molecular formula is C22H25N5O. The highest BCUT2D eigenvalue weighted by molar-refractivity contribution is 5.96. The van der Waals surface area contributed by atoms with Gasteiger partial charge in [0.15, 0.2) is 0 Å². The van der Waals surface area contributed by atoms with Gasteiger partial charge in [0.2, 0.25) is 0 Å². The normalized spacial score (nSPS) is 27.1. The Morgan fingerprint density at radius 2 is 1.86 bits per heavy atom. The minimum absolute atomic E-state index is 0.0171. The van der Waals surface area contributed by atoms with Gasteiger partial charge in [0.05, 0.1) is 29.5 Å². The number of benzene rings is 1. The Labute approximate surface area is 165 Å². The Bertz CT molecular complexity index is 910. The monoisotopic (exact) mass is 375 g/mol. The van der Waals surface area contributed by atoms with Gasteiger partial charge in [0, 0.05) is 11.7 Å². The zero-order valence-electron chi connectivity index (χ0n) is 16.4. The Morgan fingerprint density at radius 3 is 2.50 bits per heavy atom. The maximum Gasteiger partial charge on any atom is 0.322 e. The molecule has 1 saturated heterocycles. The van der Waals surface area contributed by atoms with E-state index in [0.29, 0.717) is 17.8 Å². The van der Waals surface area contributed by atoms with Crippen molar-refractivity contribution < 1.29 is 4.79 Å². The van der Waals surface area contributed by atoms with E-state index in [2.05, 4.69) is 59.6 Å². The molecule has 28 heavy (non-hydrogen) atoms. The molecule has 6 nitrogen and oxygen atoms in total. The molecule has 1 aliphatic carbocycles. The summed E-state index contributed by atoms with van der Waals surface area (Å²) in [4.78, 5) is 20.9. The van der Waals surface area contributed by atoms with Gasteiger partial charge in [-0.3, -0.25) is 14.8 Å². The highest BCUT2D eigenvalue weighted by Crippen LogP contribution is 2.46. The molecule has 0 unspecified atom stereocenters. The van der Waals surface area contributed by atoms with Crippen LogP contribution in [0.3, 0.4) is 0 Å². The Morgan fingerprint density at radius 1 is 1.14 bits per heavy atom. The van der Waals surface area contributed by atoms with E-state index in [0.717, 1.165) is 25.7 Å². The molecule has 144 valence electrons. The maximum absolute atomic E-state index is 12.7. The van der Waals surface area contributed by atoms with Gasteiger partial charge in [-0.15, -0.1) is 0 Å². The molecule has 1 aromatic carbocycles. The molecule has 1 spiro atoms. The van der Waals surface area contributed by atoms with Crippen LogP contribution in [0.15, 0.2) is 48.8 Å². The number of nitrogens with zero attached hydrogens (tertiary/aromatic N) is 4. The van der Waals surface area contributed by atoms with Gasteiger partial charge in [-0.2, -0.15) is 5.26 Å². The number of aromatic nitrogens is 1. The molecule has 1 aliphatic heterocycles. The molecule has 0 bridgehead atoms. The van der Waals surface area contributed by atoms with E-state index >= 15 is 0 Å². The first kappa shape index (κ1) is 18.5. The van der Waals surface area contributed by atoms with Crippen LogP contribution in [-0.4, -0.2) is 42.1 Å². The van der Waals surface area contributed by atoms with Crippen LogP contribution >= 0.6 is 0 Å². The number of carbonyl (C=O) groups is 1. The summed E-state index contributed by atoms with van der Waals surface area (Å²) in [6, 6.07) is 14.3. The van der Waals surface area contributed by atoms with Crippen molar-refractivity contribution in [1.29, 1.82) is 5.26 Å². The summed E-state index contributed by atoms with van der Waals surface area (Å²) in [5.74, 6) is 0. The largest absolute Gasteiger partial charge is 0.330 e. The Kier molecular flexibility index (Phi) is 4.56. The number of rotatable bonds is 3. The van der Waals surface area contributed by atoms with Crippen LogP contribution in [0.2, 0.25) is 0 Å². The van der Waals surface area contributed by atoms with Gasteiger partial charge in [0.25, 0.3) is 0 Å². The second kappa shape index (κ2) is 6.92. The number of amides is 2. The van der Waals surface area contributed by atoms with Gasteiger partial charge in [-0.1, -0.05) is 30.3 Å². The van der Waals surface area contributed by atoms with Crippen LogP contribution in [0.5, 0.6) is 0 Å². The average molecular weight is 375 g/mol. The average Bonchev–Trinajstić information content (AvgIpc) is 3.05. The van der Waals surface area contributed by atoms with Crippen molar-refractivity contribution in [3.63, 3.8) is 0 Å². The van der Waals surface area contributed by atoms with Crippen molar-refractivity contribution in [1.82, 2.24) is 15.2 Å². The lowest BCUT2D eigenvalue weighted by Crippen LogP contribution is -2.54. The van der Waals surface area contributed by atoms with Crippen LogP contribution in [-0.2, 0) is 5.54 Å². The van der Waals surface area contributed by atoms with Crippen molar-refractivity contribution >= 4 is 11.7 Å². The van der Waals surface area contributed by atoms with Crippen LogP contribution < -0.4 is 10.2 Å². The van der Waals surface area contributed by atoms with Crippen LogP contribution in [0.1, 0.15) is 36.8 Å². The Balaban J connectivity index is 1.58. The number of carbonyl (C=O) groups excluding carboxylic acids is 1. The third kappa shape index (κ3) is 2.92. The standard InChI is InChI=1S/C22H25N5O/c1-26(2)22(18-6-4-3-5-7-18)11-9-21(10-12-22)16-27(20(28)25-21)19-15-24-13-8-17(19)14-23/h3-8,13,15H,9-12,16H2,1-2H3,(H,25,28)/t21-,22-. The molecular weight excluding hydrogens is 350 g/mol. The molecule has 6 heteroatoms. The fourth-order valence-electron chi connectivity index (χ4n) is 4.77. The summed E-state index contributed by atoms with van der Waals surface area (Å²) in [7, 11) is 4.28. The van der Waals surface area contributed by atoms with E-state index in [1.54, 1.807) is 23.4 Å². The summed E-state index contributed by atoms with van der Waals surface area (Å²) in [6.45, 7) is 0.574. The van der Waals surface area contributed by atoms with Crippen LogP contribution in [0.25, 0.3) is 0 Å². The predicted octanol–water partition coefficient (Wildman–Crippen LogP) is 3.25. The smallest absolute Gasteiger partial charge is 0.322 e. The minimum atomic E-state index is -0.256. The van der Waals surface area contributed by atoms with Crippen molar-refractivity contribution in [3.05, 3.63) is 59.9 Å². The van der Waals surface area contributed by atoms with Crippen molar-refractivity contribution in [3.8, 4) is 6.07 Å². The topological polar surface area (TPSA) is 72.3 Å². The first-order chi connectivity index (χ1) is 13.5.